The second kappa shape index (κ2) is 8.37. The molecule has 1 saturated heterocycles. The van der Waals surface area contributed by atoms with E-state index in [9.17, 15) is 10.1 Å². The van der Waals surface area contributed by atoms with E-state index < -0.39 is 0 Å². The summed E-state index contributed by atoms with van der Waals surface area (Å²) in [6.07, 6.45) is 5.39. The lowest BCUT2D eigenvalue weighted by atomic mass is 10.0. The lowest BCUT2D eigenvalue weighted by molar-refractivity contribution is 0.218. The number of pyridine rings is 1. The van der Waals surface area contributed by atoms with Gasteiger partial charge in [-0.1, -0.05) is 0 Å². The van der Waals surface area contributed by atoms with Crippen molar-refractivity contribution in [3.63, 3.8) is 0 Å². The highest BCUT2D eigenvalue weighted by Crippen LogP contribution is 2.40. The molecule has 2 aliphatic rings. The fourth-order valence-electron chi connectivity index (χ4n) is 4.86. The molecule has 2 amide bonds. The van der Waals surface area contributed by atoms with Gasteiger partial charge in [-0.15, -0.1) is 0 Å². The molecule has 4 heterocycles. The molecule has 166 valence electrons. The number of aromatic nitrogens is 4. The monoisotopic (exact) mass is 451 g/mol. The molecule has 10 nitrogen and oxygen atoms in total. The minimum atomic E-state index is -0.105. The summed E-state index contributed by atoms with van der Waals surface area (Å²) in [6, 6.07) is 4.37. The highest BCUT2D eigenvalue weighted by Gasteiger charge is 2.42. The van der Waals surface area contributed by atoms with Gasteiger partial charge in [-0.3, -0.25) is 5.32 Å². The van der Waals surface area contributed by atoms with Gasteiger partial charge in [-0.05, 0) is 44.8 Å². The molecule has 3 aromatic rings. The zero-order valence-corrected chi connectivity index (χ0v) is 18.8. The topological polar surface area (TPSA) is 126 Å². The summed E-state index contributed by atoms with van der Waals surface area (Å²) < 4.78 is 4.29. The van der Waals surface area contributed by atoms with E-state index in [0.717, 1.165) is 42.7 Å². The minimum absolute atomic E-state index is 0.105. The number of fused-ring (bicyclic) bond motifs is 2. The number of aromatic amines is 1. The predicted molar refractivity (Wildman–Crippen MR) is 122 cm³/mol. The molecule has 1 saturated carbocycles. The molecular weight excluding hydrogens is 426 g/mol. The molecule has 2 fully saturated rings. The number of nitrogens with one attached hydrogen (secondary N) is 3. The van der Waals surface area contributed by atoms with Gasteiger partial charge in [0.2, 0.25) is 5.13 Å². The van der Waals surface area contributed by atoms with Crippen molar-refractivity contribution < 1.29 is 4.79 Å². The standard InChI is InChI=1S/C21H25N9OS/c1-29(2)11-17-26-20(32-28-17)27-21(31)30-9-12-5-15(6-13(12)10-30)25-18-14(7-22)8-24-19-16(18)3-4-23-19/h3-4,8,12-13,15H,5-6,9-11H2,1-2H3,(H2,23,24,25)(H,26,27,28,31)/t12-,13+,15?. The van der Waals surface area contributed by atoms with Gasteiger partial charge in [0.25, 0.3) is 0 Å². The number of H-pyrrole nitrogens is 1. The van der Waals surface area contributed by atoms with Gasteiger partial charge in [0.15, 0.2) is 5.82 Å². The van der Waals surface area contributed by atoms with Crippen LogP contribution < -0.4 is 10.6 Å². The van der Waals surface area contributed by atoms with Gasteiger partial charge in [0.1, 0.15) is 11.7 Å². The van der Waals surface area contributed by atoms with E-state index in [4.69, 9.17) is 0 Å². The first-order valence-electron chi connectivity index (χ1n) is 10.7. The largest absolute Gasteiger partial charge is 0.381 e. The van der Waals surface area contributed by atoms with E-state index in [0.29, 0.717) is 34.9 Å². The van der Waals surface area contributed by atoms with Crippen LogP contribution in [0.15, 0.2) is 18.5 Å². The van der Waals surface area contributed by atoms with Crippen molar-refractivity contribution in [1.82, 2.24) is 29.1 Å². The third kappa shape index (κ3) is 3.99. The van der Waals surface area contributed by atoms with E-state index >= 15 is 0 Å². The third-order valence-electron chi connectivity index (χ3n) is 6.23. The number of urea groups is 1. The molecule has 3 atom stereocenters. The first-order valence-corrected chi connectivity index (χ1v) is 11.4. The van der Waals surface area contributed by atoms with Gasteiger partial charge < -0.3 is 20.1 Å². The second-order valence-corrected chi connectivity index (χ2v) is 9.57. The lowest BCUT2D eigenvalue weighted by Crippen LogP contribution is -2.34. The fourth-order valence-corrected chi connectivity index (χ4v) is 5.43. The summed E-state index contributed by atoms with van der Waals surface area (Å²) in [4.78, 5) is 28.4. The summed E-state index contributed by atoms with van der Waals surface area (Å²) in [5.74, 6) is 1.61. The van der Waals surface area contributed by atoms with E-state index in [1.165, 1.54) is 11.5 Å². The average Bonchev–Trinajstić information content (AvgIpc) is 3.51. The van der Waals surface area contributed by atoms with Crippen molar-refractivity contribution in [3.8, 4) is 6.07 Å². The molecule has 1 unspecified atom stereocenters. The van der Waals surface area contributed by atoms with Crippen molar-refractivity contribution in [2.75, 3.05) is 37.8 Å². The molecule has 3 aromatic heterocycles. The number of amides is 2. The maximum atomic E-state index is 12.7. The number of carbonyl (C=O) groups is 1. The summed E-state index contributed by atoms with van der Waals surface area (Å²) in [5.41, 5.74) is 2.18. The van der Waals surface area contributed by atoms with Gasteiger partial charge >= 0.3 is 6.03 Å². The average molecular weight is 452 g/mol. The number of hydrogen-bond acceptors (Lipinski definition) is 8. The molecule has 0 spiro atoms. The summed E-state index contributed by atoms with van der Waals surface area (Å²) in [7, 11) is 3.92. The predicted octanol–water partition coefficient (Wildman–Crippen LogP) is 2.70. The molecule has 0 bridgehead atoms. The van der Waals surface area contributed by atoms with Crippen molar-refractivity contribution in [1.29, 1.82) is 5.26 Å². The van der Waals surface area contributed by atoms with E-state index in [-0.39, 0.29) is 12.1 Å². The van der Waals surface area contributed by atoms with E-state index in [2.05, 4.69) is 36.0 Å². The zero-order chi connectivity index (χ0) is 22.2. The van der Waals surface area contributed by atoms with Gasteiger partial charge in [-0.2, -0.15) is 9.64 Å². The number of likely N-dealkylation sites (tertiary alicyclic amines) is 1. The summed E-state index contributed by atoms with van der Waals surface area (Å²) in [5, 5.41) is 17.5. The number of nitrogens with zero attached hydrogens (tertiary/aromatic N) is 6. The minimum Gasteiger partial charge on any atom is -0.381 e. The SMILES string of the molecule is CN(C)Cc1nsc(NC(=O)N2C[C@H]3CC(Nc4c(C#N)cnc5[nH]ccc45)C[C@H]3C2)n1. The molecule has 0 radical (unpaired) electrons. The Bertz CT molecular complexity index is 1170. The Morgan fingerprint density at radius 1 is 1.38 bits per heavy atom. The summed E-state index contributed by atoms with van der Waals surface area (Å²) >= 11 is 1.22. The smallest absolute Gasteiger partial charge is 0.323 e. The first kappa shape index (κ1) is 20.7. The Morgan fingerprint density at radius 3 is 2.88 bits per heavy atom. The maximum absolute atomic E-state index is 12.7. The van der Waals surface area contributed by atoms with E-state index in [1.54, 1.807) is 6.20 Å². The van der Waals surface area contributed by atoms with Crippen LogP contribution in [0.25, 0.3) is 11.0 Å². The molecule has 0 aromatic carbocycles. The molecule has 3 N–H and O–H groups in total. The molecule has 5 rings (SSSR count). The first-order chi connectivity index (χ1) is 15.5. The Hall–Kier alpha value is -3.23. The molecule has 32 heavy (non-hydrogen) atoms. The van der Waals surface area contributed by atoms with Crippen molar-refractivity contribution in [2.24, 2.45) is 11.8 Å². The molecular formula is C21H25N9OS. The Labute approximate surface area is 189 Å². The number of hydrogen-bond donors (Lipinski definition) is 3. The Kier molecular flexibility index (Phi) is 5.40. The van der Waals surface area contributed by atoms with Crippen LogP contribution in [0, 0.1) is 23.2 Å². The summed E-state index contributed by atoms with van der Waals surface area (Å²) in [6.45, 7) is 2.12. The van der Waals surface area contributed by atoms with Gasteiger partial charge in [0.05, 0.1) is 17.8 Å². The highest BCUT2D eigenvalue weighted by atomic mass is 32.1. The van der Waals surface area contributed by atoms with Gasteiger partial charge in [-0.25, -0.2) is 14.8 Å². The second-order valence-electron chi connectivity index (χ2n) is 8.82. The van der Waals surface area contributed by atoms with Gasteiger partial charge in [0, 0.05) is 48.4 Å². The maximum Gasteiger partial charge on any atom is 0.323 e. The van der Waals surface area contributed by atoms with Crippen LogP contribution in [0.5, 0.6) is 0 Å². The number of anilines is 2. The zero-order valence-electron chi connectivity index (χ0n) is 18.0. The number of nitriles is 1. The number of carbonyl (C=O) groups excluding carboxylic acids is 1. The van der Waals surface area contributed by atoms with Crippen molar-refractivity contribution in [2.45, 2.75) is 25.4 Å². The normalized spacial score (nSPS) is 22.3. The van der Waals surface area contributed by atoms with Crippen LogP contribution in [-0.4, -0.2) is 68.4 Å². The quantitative estimate of drug-likeness (QED) is 0.544. The van der Waals surface area contributed by atoms with Crippen LogP contribution in [0.1, 0.15) is 24.2 Å². The van der Waals surface area contributed by atoms with Crippen molar-refractivity contribution >= 4 is 39.4 Å². The van der Waals surface area contributed by atoms with Crippen LogP contribution in [-0.2, 0) is 6.54 Å². The Balaban J connectivity index is 1.19. The molecule has 1 aliphatic carbocycles. The fraction of sp³-hybridized carbons (Fsp3) is 0.476. The molecule has 1 aliphatic heterocycles. The highest BCUT2D eigenvalue weighted by molar-refractivity contribution is 7.09. The van der Waals surface area contributed by atoms with Crippen LogP contribution in [0.4, 0.5) is 15.6 Å². The van der Waals surface area contributed by atoms with Crippen LogP contribution in [0.2, 0.25) is 0 Å². The number of rotatable bonds is 5. The molecule has 11 heteroatoms. The Morgan fingerprint density at radius 2 is 2.16 bits per heavy atom. The van der Waals surface area contributed by atoms with Crippen LogP contribution in [0.3, 0.4) is 0 Å². The lowest BCUT2D eigenvalue weighted by Gasteiger charge is -2.21. The van der Waals surface area contributed by atoms with Crippen molar-refractivity contribution in [3.05, 3.63) is 29.8 Å². The third-order valence-corrected chi connectivity index (χ3v) is 6.90. The van der Waals surface area contributed by atoms with E-state index in [1.807, 2.05) is 36.2 Å². The van der Waals surface area contributed by atoms with Crippen LogP contribution >= 0.6 is 11.5 Å².